The molecule has 0 saturated heterocycles. The summed E-state index contributed by atoms with van der Waals surface area (Å²) in [5.74, 6) is 1.21. The van der Waals surface area contributed by atoms with Gasteiger partial charge in [0.2, 0.25) is 11.8 Å². The van der Waals surface area contributed by atoms with Gasteiger partial charge in [-0.2, -0.15) is 4.98 Å². The molecule has 0 atom stereocenters. The molecule has 0 bridgehead atoms. The fourth-order valence-electron chi connectivity index (χ4n) is 1.70. The van der Waals surface area contributed by atoms with Crippen molar-refractivity contribution in [1.29, 1.82) is 0 Å². The van der Waals surface area contributed by atoms with E-state index in [9.17, 15) is 0 Å². The van der Waals surface area contributed by atoms with Crippen LogP contribution in [0.5, 0.6) is 5.88 Å². The van der Waals surface area contributed by atoms with Crippen molar-refractivity contribution in [3.8, 4) is 5.88 Å². The number of aromatic nitrogens is 2. The van der Waals surface area contributed by atoms with Gasteiger partial charge in [-0.3, -0.25) is 0 Å². The normalized spacial score (nSPS) is 10.2. The first kappa shape index (κ1) is 13.3. The van der Waals surface area contributed by atoms with Crippen molar-refractivity contribution in [2.75, 3.05) is 11.9 Å². The van der Waals surface area contributed by atoms with Gasteiger partial charge in [-0.25, -0.2) is 4.98 Å². The van der Waals surface area contributed by atoms with Gasteiger partial charge in [0.1, 0.15) is 0 Å². The highest BCUT2D eigenvalue weighted by atomic mass is 16.5. The molecule has 19 heavy (non-hydrogen) atoms. The summed E-state index contributed by atoms with van der Waals surface area (Å²) < 4.78 is 5.48. The van der Waals surface area contributed by atoms with Crippen LogP contribution < -0.4 is 10.1 Å². The summed E-state index contributed by atoms with van der Waals surface area (Å²) in [4.78, 5) is 8.50. The van der Waals surface area contributed by atoms with E-state index in [0.717, 1.165) is 6.42 Å². The van der Waals surface area contributed by atoms with Crippen LogP contribution in [0, 0.1) is 6.92 Å². The van der Waals surface area contributed by atoms with Crippen molar-refractivity contribution in [1.82, 2.24) is 9.97 Å². The van der Waals surface area contributed by atoms with Crippen molar-refractivity contribution >= 4 is 5.95 Å². The third-order valence-corrected chi connectivity index (χ3v) is 2.78. The van der Waals surface area contributed by atoms with E-state index in [1.54, 1.807) is 12.3 Å². The maximum atomic E-state index is 5.48. The number of ether oxygens (including phenoxy) is 1. The van der Waals surface area contributed by atoms with Crippen LogP contribution in [0.3, 0.4) is 0 Å². The Bertz CT molecular complexity index is 528. The van der Waals surface area contributed by atoms with Crippen LogP contribution in [0.1, 0.15) is 24.5 Å². The number of benzene rings is 1. The predicted octanol–water partition coefficient (Wildman–Crippen LogP) is 3.19. The number of nitrogens with zero attached hydrogens (tertiary/aromatic N) is 2. The Morgan fingerprint density at radius 3 is 2.84 bits per heavy atom. The first-order valence-corrected chi connectivity index (χ1v) is 6.54. The molecule has 4 heteroatoms. The zero-order valence-corrected chi connectivity index (χ0v) is 11.4. The van der Waals surface area contributed by atoms with E-state index < -0.39 is 0 Å². The smallest absolute Gasteiger partial charge is 0.226 e. The third kappa shape index (κ3) is 3.95. The van der Waals surface area contributed by atoms with Gasteiger partial charge in [0.25, 0.3) is 0 Å². The highest BCUT2D eigenvalue weighted by Gasteiger charge is 2.01. The number of anilines is 1. The van der Waals surface area contributed by atoms with Crippen molar-refractivity contribution in [3.63, 3.8) is 0 Å². The molecular formula is C15H19N3O. The van der Waals surface area contributed by atoms with Crippen molar-refractivity contribution in [2.45, 2.75) is 26.8 Å². The van der Waals surface area contributed by atoms with E-state index in [0.29, 0.717) is 25.0 Å². The lowest BCUT2D eigenvalue weighted by Crippen LogP contribution is -2.06. The number of hydrogen-bond donors (Lipinski definition) is 1. The molecule has 0 fully saturated rings. The Morgan fingerprint density at radius 2 is 2.05 bits per heavy atom. The zero-order valence-electron chi connectivity index (χ0n) is 11.4. The predicted molar refractivity (Wildman–Crippen MR) is 76.3 cm³/mol. The first-order valence-electron chi connectivity index (χ1n) is 6.54. The molecule has 0 saturated carbocycles. The largest absolute Gasteiger partial charge is 0.478 e. The minimum atomic E-state index is 0.594. The number of rotatable bonds is 6. The second-order valence-electron chi connectivity index (χ2n) is 4.35. The van der Waals surface area contributed by atoms with E-state index in [1.165, 1.54) is 11.1 Å². The van der Waals surface area contributed by atoms with E-state index in [1.807, 2.05) is 12.1 Å². The Labute approximate surface area is 113 Å². The van der Waals surface area contributed by atoms with Gasteiger partial charge in [-0.05, 0) is 24.5 Å². The number of nitrogens with one attached hydrogen (secondary N) is 1. The van der Waals surface area contributed by atoms with E-state index in [2.05, 4.69) is 41.3 Å². The molecule has 1 N–H and O–H groups in total. The molecule has 2 rings (SSSR count). The SMILES string of the molecule is CCCOc1ccnc(NCc2ccccc2C)n1. The van der Waals surface area contributed by atoms with Gasteiger partial charge in [0.05, 0.1) is 6.61 Å². The van der Waals surface area contributed by atoms with Crippen LogP contribution >= 0.6 is 0 Å². The van der Waals surface area contributed by atoms with Crippen LogP contribution in [0.4, 0.5) is 5.95 Å². The lowest BCUT2D eigenvalue weighted by atomic mass is 10.1. The summed E-state index contributed by atoms with van der Waals surface area (Å²) in [5.41, 5.74) is 2.50. The second-order valence-corrected chi connectivity index (χ2v) is 4.35. The third-order valence-electron chi connectivity index (χ3n) is 2.78. The molecule has 0 aliphatic heterocycles. The highest BCUT2D eigenvalue weighted by Crippen LogP contribution is 2.11. The molecule has 4 nitrogen and oxygen atoms in total. The lowest BCUT2D eigenvalue weighted by Gasteiger charge is -2.08. The van der Waals surface area contributed by atoms with Crippen LogP contribution in [-0.4, -0.2) is 16.6 Å². The van der Waals surface area contributed by atoms with Gasteiger partial charge in [0, 0.05) is 18.8 Å². The van der Waals surface area contributed by atoms with Gasteiger partial charge in [0.15, 0.2) is 0 Å². The summed E-state index contributed by atoms with van der Waals surface area (Å²) in [5, 5.41) is 3.22. The minimum absolute atomic E-state index is 0.594. The highest BCUT2D eigenvalue weighted by molar-refractivity contribution is 5.32. The van der Waals surface area contributed by atoms with Crippen molar-refractivity contribution in [3.05, 3.63) is 47.7 Å². The molecule has 2 aromatic rings. The summed E-state index contributed by atoms with van der Waals surface area (Å²) in [6.07, 6.45) is 2.67. The Hall–Kier alpha value is -2.10. The Balaban J connectivity index is 1.98. The fraction of sp³-hybridized carbons (Fsp3) is 0.333. The Morgan fingerprint density at radius 1 is 1.21 bits per heavy atom. The molecule has 0 radical (unpaired) electrons. The molecule has 1 aromatic heterocycles. The Kier molecular flexibility index (Phi) is 4.72. The zero-order chi connectivity index (χ0) is 13.5. The van der Waals surface area contributed by atoms with Crippen LogP contribution in [0.2, 0.25) is 0 Å². The molecule has 1 aromatic carbocycles. The average Bonchev–Trinajstić information content (AvgIpc) is 2.45. The number of hydrogen-bond acceptors (Lipinski definition) is 4. The molecule has 0 unspecified atom stereocenters. The van der Waals surface area contributed by atoms with Crippen LogP contribution in [-0.2, 0) is 6.54 Å². The van der Waals surface area contributed by atoms with E-state index in [-0.39, 0.29) is 0 Å². The molecule has 0 spiro atoms. The van der Waals surface area contributed by atoms with E-state index in [4.69, 9.17) is 4.74 Å². The van der Waals surface area contributed by atoms with Gasteiger partial charge < -0.3 is 10.1 Å². The quantitative estimate of drug-likeness (QED) is 0.863. The molecule has 0 amide bonds. The maximum absolute atomic E-state index is 5.48. The van der Waals surface area contributed by atoms with E-state index >= 15 is 0 Å². The van der Waals surface area contributed by atoms with Gasteiger partial charge in [-0.15, -0.1) is 0 Å². The molecular weight excluding hydrogens is 238 g/mol. The fourth-order valence-corrected chi connectivity index (χ4v) is 1.70. The summed E-state index contributed by atoms with van der Waals surface area (Å²) in [7, 11) is 0. The monoisotopic (exact) mass is 257 g/mol. The summed E-state index contributed by atoms with van der Waals surface area (Å²) in [6, 6.07) is 10.0. The van der Waals surface area contributed by atoms with Crippen molar-refractivity contribution in [2.24, 2.45) is 0 Å². The van der Waals surface area contributed by atoms with Crippen LogP contribution in [0.15, 0.2) is 36.5 Å². The molecule has 1 heterocycles. The topological polar surface area (TPSA) is 47.0 Å². The maximum Gasteiger partial charge on any atom is 0.226 e. The van der Waals surface area contributed by atoms with Crippen molar-refractivity contribution < 1.29 is 4.74 Å². The average molecular weight is 257 g/mol. The minimum Gasteiger partial charge on any atom is -0.478 e. The first-order chi connectivity index (χ1) is 9.29. The summed E-state index contributed by atoms with van der Waals surface area (Å²) in [6.45, 7) is 5.55. The molecule has 0 aliphatic carbocycles. The van der Waals surface area contributed by atoms with Gasteiger partial charge in [-0.1, -0.05) is 31.2 Å². The lowest BCUT2D eigenvalue weighted by molar-refractivity contribution is 0.305. The number of aryl methyl sites for hydroxylation is 1. The summed E-state index contributed by atoms with van der Waals surface area (Å²) >= 11 is 0. The van der Waals surface area contributed by atoms with Gasteiger partial charge >= 0.3 is 0 Å². The second kappa shape index (κ2) is 6.73. The molecule has 0 aliphatic rings. The standard InChI is InChI=1S/C15H19N3O/c1-3-10-19-14-8-9-16-15(18-14)17-11-13-7-5-4-6-12(13)2/h4-9H,3,10-11H2,1-2H3,(H,16,17,18). The molecule has 100 valence electrons. The van der Waals surface area contributed by atoms with Crippen LogP contribution in [0.25, 0.3) is 0 Å².